The Morgan fingerprint density at radius 1 is 1.25 bits per heavy atom. The van der Waals surface area contributed by atoms with Gasteiger partial charge in [-0.05, 0) is 54.7 Å². The summed E-state index contributed by atoms with van der Waals surface area (Å²) in [4.78, 5) is 15.0. The molecule has 1 aliphatic heterocycles. The molecule has 1 unspecified atom stereocenters. The van der Waals surface area contributed by atoms with E-state index in [4.69, 9.17) is 5.11 Å². The fourth-order valence-electron chi connectivity index (χ4n) is 3.50. The van der Waals surface area contributed by atoms with Crippen LogP contribution in [0.1, 0.15) is 86.7 Å². The number of aromatic hydroxyl groups is 1. The third-order valence-corrected chi connectivity index (χ3v) is 5.01. The van der Waals surface area contributed by atoms with Crippen LogP contribution in [0.3, 0.4) is 0 Å². The summed E-state index contributed by atoms with van der Waals surface area (Å²) in [6, 6.07) is 4.05. The van der Waals surface area contributed by atoms with E-state index in [9.17, 15) is 9.90 Å². The van der Waals surface area contributed by atoms with Gasteiger partial charge in [0, 0.05) is 19.2 Å². The molecule has 1 aromatic carbocycles. The Balaban J connectivity index is 2.37. The van der Waals surface area contributed by atoms with Crippen LogP contribution in [-0.2, 0) is 0 Å². The number of amides is 1. The van der Waals surface area contributed by atoms with E-state index < -0.39 is 0 Å². The zero-order valence-corrected chi connectivity index (χ0v) is 15.4. The van der Waals surface area contributed by atoms with Crippen LogP contribution in [0.15, 0.2) is 12.1 Å². The molecule has 1 saturated heterocycles. The summed E-state index contributed by atoms with van der Waals surface area (Å²) in [5, 5.41) is 19.7. The van der Waals surface area contributed by atoms with Crippen molar-refractivity contribution < 1.29 is 15.0 Å². The topological polar surface area (TPSA) is 60.8 Å². The third kappa shape index (κ3) is 3.92. The molecule has 2 rings (SSSR count). The van der Waals surface area contributed by atoms with E-state index in [1.807, 2.05) is 30.9 Å². The number of rotatable bonds is 6. The molecule has 24 heavy (non-hydrogen) atoms. The lowest BCUT2D eigenvalue weighted by Gasteiger charge is -2.26. The van der Waals surface area contributed by atoms with Gasteiger partial charge in [0.2, 0.25) is 0 Å². The van der Waals surface area contributed by atoms with Crippen molar-refractivity contribution in [3.8, 4) is 5.75 Å². The quantitative estimate of drug-likeness (QED) is 0.826. The highest BCUT2D eigenvalue weighted by Gasteiger charge is 2.31. The fraction of sp³-hybridized carbons (Fsp3) is 0.650. The number of aliphatic hydroxyl groups is 1. The van der Waals surface area contributed by atoms with Crippen LogP contribution in [0.5, 0.6) is 5.75 Å². The molecule has 4 heteroatoms. The maximum absolute atomic E-state index is 13.1. The van der Waals surface area contributed by atoms with Crippen molar-refractivity contribution in [1.29, 1.82) is 0 Å². The smallest absolute Gasteiger partial charge is 0.257 e. The monoisotopic (exact) mass is 333 g/mol. The molecule has 1 aromatic rings. The second kappa shape index (κ2) is 8.02. The zero-order valence-electron chi connectivity index (χ0n) is 15.4. The molecule has 0 bridgehead atoms. The summed E-state index contributed by atoms with van der Waals surface area (Å²) in [6.07, 6.45) is 3.50. The van der Waals surface area contributed by atoms with Gasteiger partial charge >= 0.3 is 0 Å². The number of likely N-dealkylation sites (tertiary alicyclic amines) is 1. The van der Waals surface area contributed by atoms with Crippen molar-refractivity contribution in [2.24, 2.45) is 0 Å². The van der Waals surface area contributed by atoms with Gasteiger partial charge in [-0.25, -0.2) is 0 Å². The van der Waals surface area contributed by atoms with Gasteiger partial charge in [-0.3, -0.25) is 4.79 Å². The molecule has 0 aromatic heterocycles. The highest BCUT2D eigenvalue weighted by atomic mass is 16.3. The van der Waals surface area contributed by atoms with E-state index in [2.05, 4.69) is 13.8 Å². The Morgan fingerprint density at radius 3 is 2.54 bits per heavy atom. The minimum atomic E-state index is -0.0719. The Kier molecular flexibility index (Phi) is 6.27. The molecule has 1 fully saturated rings. The van der Waals surface area contributed by atoms with E-state index in [0.717, 1.165) is 36.9 Å². The number of aliphatic hydroxyl groups excluding tert-OH is 1. The van der Waals surface area contributed by atoms with Crippen molar-refractivity contribution in [2.45, 2.75) is 71.3 Å². The third-order valence-electron chi connectivity index (χ3n) is 5.01. The first-order valence-corrected chi connectivity index (χ1v) is 9.15. The number of benzene rings is 1. The highest BCUT2D eigenvalue weighted by molar-refractivity contribution is 5.98. The van der Waals surface area contributed by atoms with Crippen LogP contribution >= 0.6 is 0 Å². The number of carbonyl (C=O) groups excluding carboxylic acids is 1. The van der Waals surface area contributed by atoms with Gasteiger partial charge in [0.1, 0.15) is 5.75 Å². The molecule has 2 N–H and O–H groups in total. The summed E-state index contributed by atoms with van der Waals surface area (Å²) in [7, 11) is 0. The largest absolute Gasteiger partial charge is 0.507 e. The Labute approximate surface area is 145 Å². The number of carbonyl (C=O) groups is 1. The van der Waals surface area contributed by atoms with E-state index in [0.29, 0.717) is 17.9 Å². The maximum Gasteiger partial charge on any atom is 0.257 e. The average Bonchev–Trinajstić information content (AvgIpc) is 3.00. The standard InChI is InChI=1S/C20H31NO3/c1-13(2)15-11-17(14(3)4)19(23)18(12-15)20(24)21-9-5-7-16(21)8-6-10-22/h11-14,16,22-23H,5-10H2,1-4H3. The van der Waals surface area contributed by atoms with E-state index in [-0.39, 0.29) is 30.2 Å². The molecule has 0 saturated carbocycles. The first-order valence-electron chi connectivity index (χ1n) is 9.15. The van der Waals surface area contributed by atoms with Gasteiger partial charge in [0.25, 0.3) is 5.91 Å². The van der Waals surface area contributed by atoms with Gasteiger partial charge in [-0.15, -0.1) is 0 Å². The van der Waals surface area contributed by atoms with Gasteiger partial charge in [0.05, 0.1) is 5.56 Å². The SMILES string of the molecule is CC(C)c1cc(C(=O)N2CCCC2CCCO)c(O)c(C(C)C)c1. The van der Waals surface area contributed by atoms with Crippen molar-refractivity contribution in [1.82, 2.24) is 4.90 Å². The Morgan fingerprint density at radius 2 is 1.96 bits per heavy atom. The Bertz CT molecular complexity index is 580. The Hall–Kier alpha value is -1.55. The number of hydrogen-bond acceptors (Lipinski definition) is 3. The molecule has 134 valence electrons. The van der Waals surface area contributed by atoms with Crippen LogP contribution in [0.4, 0.5) is 0 Å². The summed E-state index contributed by atoms with van der Waals surface area (Å²) in [5.74, 6) is 0.530. The predicted molar refractivity (Wildman–Crippen MR) is 96.7 cm³/mol. The lowest BCUT2D eigenvalue weighted by atomic mass is 9.91. The maximum atomic E-state index is 13.1. The summed E-state index contributed by atoms with van der Waals surface area (Å²) in [5.41, 5.74) is 2.36. The molecule has 0 spiro atoms. The van der Waals surface area contributed by atoms with Gasteiger partial charge in [-0.1, -0.05) is 33.8 Å². The number of phenolic OH excluding ortho intramolecular Hbond substituents is 1. The second-order valence-corrected chi connectivity index (χ2v) is 7.48. The minimum absolute atomic E-state index is 0.0719. The van der Waals surface area contributed by atoms with Gasteiger partial charge in [0.15, 0.2) is 0 Å². The summed E-state index contributed by atoms with van der Waals surface area (Å²) >= 11 is 0. The van der Waals surface area contributed by atoms with Gasteiger partial charge in [-0.2, -0.15) is 0 Å². The van der Waals surface area contributed by atoms with Crippen LogP contribution in [0.2, 0.25) is 0 Å². The van der Waals surface area contributed by atoms with Crippen molar-refractivity contribution >= 4 is 5.91 Å². The van der Waals surface area contributed by atoms with Crippen molar-refractivity contribution in [3.05, 3.63) is 28.8 Å². The lowest BCUT2D eigenvalue weighted by molar-refractivity contribution is 0.0721. The lowest BCUT2D eigenvalue weighted by Crippen LogP contribution is -2.35. The molecule has 1 aliphatic rings. The first-order chi connectivity index (χ1) is 11.4. The van der Waals surface area contributed by atoms with Crippen molar-refractivity contribution in [3.63, 3.8) is 0 Å². The minimum Gasteiger partial charge on any atom is -0.507 e. The van der Waals surface area contributed by atoms with Crippen LogP contribution in [0, 0.1) is 0 Å². The number of phenols is 1. The average molecular weight is 333 g/mol. The molecule has 1 atom stereocenters. The molecule has 1 amide bonds. The predicted octanol–water partition coefficient (Wildman–Crippen LogP) is 4.02. The molecular formula is C20H31NO3. The van der Waals surface area contributed by atoms with E-state index in [1.54, 1.807) is 0 Å². The molecule has 0 radical (unpaired) electrons. The van der Waals surface area contributed by atoms with Crippen molar-refractivity contribution in [2.75, 3.05) is 13.2 Å². The normalized spacial score (nSPS) is 18.0. The van der Waals surface area contributed by atoms with Gasteiger partial charge < -0.3 is 15.1 Å². The van der Waals surface area contributed by atoms with E-state index in [1.165, 1.54) is 0 Å². The van der Waals surface area contributed by atoms with Crippen LogP contribution < -0.4 is 0 Å². The molecule has 1 heterocycles. The molecule has 4 nitrogen and oxygen atoms in total. The summed E-state index contributed by atoms with van der Waals surface area (Å²) in [6.45, 7) is 9.16. The first kappa shape index (κ1) is 18.8. The van der Waals surface area contributed by atoms with Crippen LogP contribution in [-0.4, -0.2) is 40.2 Å². The molecule has 0 aliphatic carbocycles. The second-order valence-electron chi connectivity index (χ2n) is 7.48. The van der Waals surface area contributed by atoms with Crippen LogP contribution in [0.25, 0.3) is 0 Å². The zero-order chi connectivity index (χ0) is 17.9. The fourth-order valence-corrected chi connectivity index (χ4v) is 3.50. The summed E-state index contributed by atoms with van der Waals surface area (Å²) < 4.78 is 0. The number of nitrogens with zero attached hydrogens (tertiary/aromatic N) is 1. The van der Waals surface area contributed by atoms with E-state index >= 15 is 0 Å². The molecular weight excluding hydrogens is 302 g/mol. The number of hydrogen-bond donors (Lipinski definition) is 2. The highest BCUT2D eigenvalue weighted by Crippen LogP contribution is 2.35.